The van der Waals surface area contributed by atoms with Crippen LogP contribution in [-0.4, -0.2) is 30.1 Å². The molecule has 0 fully saturated rings. The van der Waals surface area contributed by atoms with Crippen LogP contribution >= 0.6 is 0 Å². The second-order valence-corrected chi connectivity index (χ2v) is 10.4. The molecule has 0 aliphatic rings. The largest absolute Gasteiger partial charge is 0.495 e. The van der Waals surface area contributed by atoms with Crippen LogP contribution in [0.25, 0.3) is 27.7 Å². The van der Waals surface area contributed by atoms with Crippen molar-refractivity contribution in [1.29, 1.82) is 0 Å². The predicted molar refractivity (Wildman–Crippen MR) is 139 cm³/mol. The SMILES string of the molecule is COc1cc(-c2cc(F)cc(C(F)(F)F)c2)ccc1-n1c(=O)ccc2cc(S(=O)(=O)Nc3ncc(F)cn3)ccc21. The lowest BCUT2D eigenvalue weighted by molar-refractivity contribution is -0.137. The van der Waals surface area contributed by atoms with E-state index in [1.165, 1.54) is 60.2 Å². The van der Waals surface area contributed by atoms with Crippen molar-refractivity contribution < 1.29 is 35.1 Å². The van der Waals surface area contributed by atoms with Crippen molar-refractivity contribution in [2.24, 2.45) is 0 Å². The summed E-state index contributed by atoms with van der Waals surface area (Å²) >= 11 is 0. The second-order valence-electron chi connectivity index (χ2n) is 8.67. The van der Waals surface area contributed by atoms with Crippen LogP contribution in [0, 0.1) is 11.6 Å². The third-order valence-electron chi connectivity index (χ3n) is 6.00. The fourth-order valence-electron chi connectivity index (χ4n) is 4.15. The summed E-state index contributed by atoms with van der Waals surface area (Å²) in [5.74, 6) is -2.08. The number of benzene rings is 3. The molecule has 2 aromatic heterocycles. The first-order chi connectivity index (χ1) is 19.4. The van der Waals surface area contributed by atoms with Crippen LogP contribution in [0.5, 0.6) is 5.75 Å². The van der Waals surface area contributed by atoms with Crippen molar-refractivity contribution >= 4 is 26.9 Å². The molecule has 2 heterocycles. The summed E-state index contributed by atoms with van der Waals surface area (Å²) in [7, 11) is -2.90. The molecule has 0 saturated carbocycles. The fraction of sp³-hybridized carbons (Fsp3) is 0.0741. The molecule has 0 bridgehead atoms. The van der Waals surface area contributed by atoms with E-state index < -0.39 is 39.0 Å². The van der Waals surface area contributed by atoms with Gasteiger partial charge in [-0.25, -0.2) is 31.9 Å². The van der Waals surface area contributed by atoms with Gasteiger partial charge in [0.2, 0.25) is 5.95 Å². The third kappa shape index (κ3) is 5.59. The molecular weight excluding hydrogens is 571 g/mol. The molecule has 0 spiro atoms. The van der Waals surface area contributed by atoms with E-state index in [2.05, 4.69) is 14.7 Å². The lowest BCUT2D eigenvalue weighted by Crippen LogP contribution is -2.19. The average Bonchev–Trinajstić information content (AvgIpc) is 2.93. The zero-order valence-corrected chi connectivity index (χ0v) is 21.6. The maximum Gasteiger partial charge on any atom is 0.416 e. The zero-order valence-electron chi connectivity index (χ0n) is 20.8. The number of halogens is 5. The normalized spacial score (nSPS) is 12.0. The van der Waals surface area contributed by atoms with Gasteiger partial charge in [0, 0.05) is 11.5 Å². The number of fused-ring (bicyclic) bond motifs is 1. The third-order valence-corrected chi connectivity index (χ3v) is 7.33. The Morgan fingerprint density at radius 1 is 0.854 bits per heavy atom. The smallest absolute Gasteiger partial charge is 0.416 e. The van der Waals surface area contributed by atoms with Crippen LogP contribution in [-0.2, 0) is 16.2 Å². The number of rotatable bonds is 6. The van der Waals surface area contributed by atoms with E-state index in [0.717, 1.165) is 24.5 Å². The molecule has 0 unspecified atom stereocenters. The van der Waals surface area contributed by atoms with Crippen LogP contribution in [0.3, 0.4) is 0 Å². The van der Waals surface area contributed by atoms with Gasteiger partial charge < -0.3 is 4.74 Å². The highest BCUT2D eigenvalue weighted by Crippen LogP contribution is 2.36. The summed E-state index contributed by atoms with van der Waals surface area (Å²) in [5.41, 5.74) is -1.04. The molecule has 5 aromatic rings. The van der Waals surface area contributed by atoms with Gasteiger partial charge in [-0.15, -0.1) is 0 Å². The van der Waals surface area contributed by atoms with Crippen molar-refractivity contribution in [3.05, 3.63) is 107 Å². The van der Waals surface area contributed by atoms with E-state index in [4.69, 9.17) is 4.74 Å². The molecule has 41 heavy (non-hydrogen) atoms. The first-order valence-corrected chi connectivity index (χ1v) is 13.1. The average molecular weight is 589 g/mol. The Balaban J connectivity index is 1.58. The molecule has 0 radical (unpaired) electrons. The minimum absolute atomic E-state index is 0.0556. The molecule has 210 valence electrons. The van der Waals surface area contributed by atoms with Gasteiger partial charge in [0.15, 0.2) is 5.82 Å². The Morgan fingerprint density at radius 2 is 1.59 bits per heavy atom. The summed E-state index contributed by atoms with van der Waals surface area (Å²) in [4.78, 5) is 19.9. The summed E-state index contributed by atoms with van der Waals surface area (Å²) in [5, 5.41) is 0.332. The van der Waals surface area contributed by atoms with E-state index in [1.54, 1.807) is 0 Å². The second kappa shape index (κ2) is 10.3. The first-order valence-electron chi connectivity index (χ1n) is 11.6. The van der Waals surface area contributed by atoms with E-state index in [9.17, 15) is 35.2 Å². The summed E-state index contributed by atoms with van der Waals surface area (Å²) < 4.78 is 101. The van der Waals surface area contributed by atoms with E-state index >= 15 is 0 Å². The van der Waals surface area contributed by atoms with Gasteiger partial charge in [-0.3, -0.25) is 9.36 Å². The van der Waals surface area contributed by atoms with Crippen LogP contribution in [0.15, 0.2) is 88.8 Å². The van der Waals surface area contributed by atoms with Crippen LogP contribution in [0.4, 0.5) is 27.9 Å². The molecule has 0 atom stereocenters. The Kier molecular flexibility index (Phi) is 6.95. The first kappa shape index (κ1) is 27.7. The van der Waals surface area contributed by atoms with Crippen molar-refractivity contribution in [3.8, 4) is 22.6 Å². The number of ether oxygens (including phenoxy) is 1. The monoisotopic (exact) mass is 588 g/mol. The lowest BCUT2D eigenvalue weighted by Gasteiger charge is -2.16. The quantitative estimate of drug-likeness (QED) is 0.261. The zero-order chi connectivity index (χ0) is 29.5. The fourth-order valence-corrected chi connectivity index (χ4v) is 5.14. The number of pyridine rings is 1. The number of hydrogen-bond acceptors (Lipinski definition) is 6. The highest BCUT2D eigenvalue weighted by molar-refractivity contribution is 7.92. The van der Waals surface area contributed by atoms with E-state index in [0.29, 0.717) is 11.5 Å². The van der Waals surface area contributed by atoms with E-state index in [1.807, 2.05) is 0 Å². The van der Waals surface area contributed by atoms with Gasteiger partial charge in [-0.05, 0) is 65.7 Å². The van der Waals surface area contributed by atoms with Crippen molar-refractivity contribution in [2.75, 3.05) is 11.8 Å². The number of nitrogens with zero attached hydrogens (tertiary/aromatic N) is 3. The van der Waals surface area contributed by atoms with Gasteiger partial charge in [-0.1, -0.05) is 6.07 Å². The minimum Gasteiger partial charge on any atom is -0.495 e. The highest BCUT2D eigenvalue weighted by Gasteiger charge is 2.31. The molecule has 3 aromatic carbocycles. The highest BCUT2D eigenvalue weighted by atomic mass is 32.2. The van der Waals surface area contributed by atoms with E-state index in [-0.39, 0.29) is 38.9 Å². The minimum atomic E-state index is -4.76. The summed E-state index contributed by atoms with van der Waals surface area (Å²) in [6.07, 6.45) is -3.16. The predicted octanol–water partition coefficient (Wildman–Crippen LogP) is 5.55. The van der Waals surface area contributed by atoms with Crippen molar-refractivity contribution in [2.45, 2.75) is 11.1 Å². The molecular formula is C27H17F5N4O4S. The summed E-state index contributed by atoms with van der Waals surface area (Å²) in [6, 6.07) is 12.8. The number of anilines is 1. The molecule has 14 heteroatoms. The Bertz CT molecular complexity index is 1960. The Labute approximate surface area is 228 Å². The van der Waals surface area contributed by atoms with Gasteiger partial charge in [0.25, 0.3) is 15.6 Å². The van der Waals surface area contributed by atoms with Gasteiger partial charge in [-0.2, -0.15) is 13.2 Å². The molecule has 0 aliphatic heterocycles. The number of hydrogen-bond donors (Lipinski definition) is 1. The molecule has 0 saturated heterocycles. The summed E-state index contributed by atoms with van der Waals surface area (Å²) in [6.45, 7) is 0. The number of sulfonamides is 1. The van der Waals surface area contributed by atoms with Crippen molar-refractivity contribution in [1.82, 2.24) is 14.5 Å². The number of methoxy groups -OCH3 is 1. The van der Waals surface area contributed by atoms with Crippen molar-refractivity contribution in [3.63, 3.8) is 0 Å². The Hall–Kier alpha value is -4.85. The molecule has 5 rings (SSSR count). The number of nitrogens with one attached hydrogen (secondary N) is 1. The molecule has 1 N–H and O–H groups in total. The lowest BCUT2D eigenvalue weighted by atomic mass is 10.0. The molecule has 0 aliphatic carbocycles. The standard InChI is InChI=1S/C27H17F5N4O4S/c1-40-24-11-15(17-8-18(27(30,31)32)12-19(28)9-17)2-5-23(24)36-22-6-4-21(10-16(22)3-7-25(36)37)41(38,39)35-26-33-13-20(29)14-34-26/h2-14H,1H3,(H,33,34,35). The van der Waals surface area contributed by atoms with Crippen LogP contribution < -0.4 is 15.0 Å². The van der Waals surface area contributed by atoms with Gasteiger partial charge in [0.05, 0.1) is 41.2 Å². The maximum atomic E-state index is 14.0. The topological polar surface area (TPSA) is 103 Å². The van der Waals surface area contributed by atoms with Gasteiger partial charge >= 0.3 is 6.18 Å². The molecule has 0 amide bonds. The number of alkyl halides is 3. The number of aromatic nitrogens is 3. The maximum absolute atomic E-state index is 14.0. The Morgan fingerprint density at radius 3 is 2.27 bits per heavy atom. The van der Waals surface area contributed by atoms with Crippen LogP contribution in [0.1, 0.15) is 5.56 Å². The molecule has 8 nitrogen and oxygen atoms in total. The van der Waals surface area contributed by atoms with Crippen LogP contribution in [0.2, 0.25) is 0 Å². The van der Waals surface area contributed by atoms with Gasteiger partial charge in [0.1, 0.15) is 11.6 Å².